The van der Waals surface area contributed by atoms with Gasteiger partial charge in [-0.2, -0.15) is 0 Å². The number of sulfonamides is 1. The Morgan fingerprint density at radius 1 is 1.14 bits per heavy atom. The van der Waals surface area contributed by atoms with Crippen LogP contribution in [0.5, 0.6) is 5.75 Å². The number of nitrogens with one attached hydrogen (secondary N) is 1. The molecule has 154 valence electrons. The quantitative estimate of drug-likeness (QED) is 0.811. The van der Waals surface area contributed by atoms with Crippen molar-refractivity contribution in [1.82, 2.24) is 0 Å². The van der Waals surface area contributed by atoms with Crippen molar-refractivity contribution in [3.8, 4) is 5.75 Å². The van der Waals surface area contributed by atoms with E-state index >= 15 is 0 Å². The van der Waals surface area contributed by atoms with Gasteiger partial charge >= 0.3 is 0 Å². The molecule has 2 aliphatic rings. The third kappa shape index (κ3) is 3.08. The van der Waals surface area contributed by atoms with Crippen LogP contribution in [-0.4, -0.2) is 31.7 Å². The predicted octanol–water partition coefficient (Wildman–Crippen LogP) is 3.64. The lowest BCUT2D eigenvalue weighted by Gasteiger charge is -2.26. The summed E-state index contributed by atoms with van der Waals surface area (Å²) in [6, 6.07) is 12.7. The number of ether oxygens (including phenoxy) is 1. The van der Waals surface area contributed by atoms with E-state index in [1.165, 1.54) is 4.31 Å². The Morgan fingerprint density at radius 2 is 1.76 bits per heavy atom. The van der Waals surface area contributed by atoms with Crippen molar-refractivity contribution in [2.24, 2.45) is 5.92 Å². The van der Waals surface area contributed by atoms with Gasteiger partial charge in [-0.25, -0.2) is 8.42 Å². The molecule has 0 bridgehead atoms. The molecule has 0 radical (unpaired) electrons. The number of aryl methyl sites for hydroxylation is 2. The van der Waals surface area contributed by atoms with Crippen LogP contribution in [0.25, 0.3) is 0 Å². The van der Waals surface area contributed by atoms with Gasteiger partial charge in [0.25, 0.3) is 0 Å². The number of hydrogen-bond acceptors (Lipinski definition) is 4. The molecule has 2 atom stereocenters. The highest BCUT2D eigenvalue weighted by Crippen LogP contribution is 2.59. The highest BCUT2D eigenvalue weighted by atomic mass is 32.2. The van der Waals surface area contributed by atoms with E-state index in [4.69, 9.17) is 4.74 Å². The molecule has 2 unspecified atom stereocenters. The summed E-state index contributed by atoms with van der Waals surface area (Å²) in [7, 11) is -3.80. The van der Waals surface area contributed by atoms with Gasteiger partial charge < -0.3 is 10.1 Å². The van der Waals surface area contributed by atoms with Crippen LogP contribution >= 0.6 is 0 Å². The first-order chi connectivity index (χ1) is 13.7. The molecular formula is C22H26N2O4S. The van der Waals surface area contributed by atoms with E-state index in [1.54, 1.807) is 24.3 Å². The number of para-hydroxylation sites is 1. The summed E-state index contributed by atoms with van der Waals surface area (Å²) in [6.07, 6.45) is 0.429. The van der Waals surface area contributed by atoms with Crippen molar-refractivity contribution in [3.05, 3.63) is 53.6 Å². The average Bonchev–Trinajstić information content (AvgIpc) is 3.33. The maximum atomic E-state index is 13.4. The van der Waals surface area contributed by atoms with E-state index in [2.05, 4.69) is 5.32 Å². The zero-order valence-corrected chi connectivity index (χ0v) is 17.9. The highest BCUT2D eigenvalue weighted by Gasteiger charge is 2.75. The van der Waals surface area contributed by atoms with Crippen LogP contribution in [0.15, 0.2) is 42.5 Å². The molecule has 1 heterocycles. The smallest absolute Gasteiger partial charge is 0.250 e. The standard InChI is InChI=1S/C22H26N2O4S/c1-14(2)28-19-10-8-18(9-11-19)23-21(25)22-12-17(22)13-24(29(22,26)27)20-15(3)6-5-7-16(20)4/h5-11,14,17H,12-13H2,1-4H3,(H,23,25). The van der Waals surface area contributed by atoms with Crippen LogP contribution in [0.2, 0.25) is 0 Å². The molecule has 1 aliphatic heterocycles. The van der Waals surface area contributed by atoms with Crippen LogP contribution in [0.3, 0.4) is 0 Å². The number of amides is 1. The zero-order valence-electron chi connectivity index (χ0n) is 17.1. The lowest BCUT2D eigenvalue weighted by atomic mass is 10.1. The summed E-state index contributed by atoms with van der Waals surface area (Å²) < 4.78 is 32.5. The Labute approximate surface area is 171 Å². The molecule has 1 N–H and O–H groups in total. The summed E-state index contributed by atoms with van der Waals surface area (Å²) in [5.41, 5.74) is 3.05. The number of rotatable bonds is 5. The molecule has 7 heteroatoms. The number of hydrogen-bond donors (Lipinski definition) is 1. The molecule has 2 aromatic rings. The molecule has 2 aromatic carbocycles. The largest absolute Gasteiger partial charge is 0.491 e. The first kappa shape index (κ1) is 19.8. The molecular weight excluding hydrogens is 388 g/mol. The maximum Gasteiger partial charge on any atom is 0.250 e. The van der Waals surface area contributed by atoms with E-state index in [0.29, 0.717) is 30.1 Å². The van der Waals surface area contributed by atoms with E-state index < -0.39 is 20.7 Å². The summed E-state index contributed by atoms with van der Waals surface area (Å²) in [6.45, 7) is 8.02. The van der Waals surface area contributed by atoms with Crippen LogP contribution in [0.1, 0.15) is 31.4 Å². The monoisotopic (exact) mass is 414 g/mol. The fraction of sp³-hybridized carbons (Fsp3) is 0.409. The van der Waals surface area contributed by atoms with Gasteiger partial charge in [0.05, 0.1) is 11.8 Å². The minimum atomic E-state index is -3.80. The normalized spacial score (nSPS) is 24.3. The Balaban J connectivity index is 1.57. The average molecular weight is 415 g/mol. The molecule has 29 heavy (non-hydrogen) atoms. The molecule has 1 saturated heterocycles. The number of nitrogens with zero attached hydrogens (tertiary/aromatic N) is 1. The second kappa shape index (κ2) is 6.76. The van der Waals surface area contributed by atoms with Crippen molar-refractivity contribution in [2.45, 2.75) is 45.0 Å². The summed E-state index contributed by atoms with van der Waals surface area (Å²) in [4.78, 5) is 13.1. The number of anilines is 2. The van der Waals surface area contributed by atoms with Gasteiger partial charge in [-0.05, 0) is 69.5 Å². The molecule has 4 rings (SSSR count). The predicted molar refractivity (Wildman–Crippen MR) is 114 cm³/mol. The highest BCUT2D eigenvalue weighted by molar-refractivity contribution is 7.95. The second-order valence-electron chi connectivity index (χ2n) is 8.21. The Morgan fingerprint density at radius 3 is 2.34 bits per heavy atom. The molecule has 6 nitrogen and oxygen atoms in total. The van der Waals surface area contributed by atoms with Gasteiger partial charge in [-0.1, -0.05) is 18.2 Å². The lowest BCUT2D eigenvalue weighted by molar-refractivity contribution is -0.116. The first-order valence-corrected chi connectivity index (χ1v) is 11.3. The third-order valence-corrected chi connectivity index (χ3v) is 8.26. The minimum absolute atomic E-state index is 0.0565. The molecule has 1 aliphatic carbocycles. The topological polar surface area (TPSA) is 75.7 Å². The number of benzene rings is 2. The molecule has 0 spiro atoms. The first-order valence-electron chi connectivity index (χ1n) is 9.83. The third-order valence-electron chi connectivity index (χ3n) is 5.74. The molecule has 1 amide bonds. The maximum absolute atomic E-state index is 13.4. The minimum Gasteiger partial charge on any atom is -0.491 e. The molecule has 0 aromatic heterocycles. The molecule has 1 saturated carbocycles. The fourth-order valence-electron chi connectivity index (χ4n) is 4.26. The lowest BCUT2D eigenvalue weighted by Crippen LogP contribution is -2.42. The summed E-state index contributed by atoms with van der Waals surface area (Å²) >= 11 is 0. The Kier molecular flexibility index (Phi) is 4.61. The Bertz CT molecular complexity index is 1040. The van der Waals surface area contributed by atoms with Gasteiger partial charge in [-0.3, -0.25) is 9.10 Å². The summed E-state index contributed by atoms with van der Waals surface area (Å²) in [5.74, 6) is 0.0685. The summed E-state index contributed by atoms with van der Waals surface area (Å²) in [5, 5.41) is 2.80. The SMILES string of the molecule is Cc1cccc(C)c1N1CC2CC2(C(=O)Nc2ccc(OC(C)C)cc2)S1(=O)=O. The Hall–Kier alpha value is -2.54. The van der Waals surface area contributed by atoms with E-state index in [9.17, 15) is 13.2 Å². The van der Waals surface area contributed by atoms with Crippen molar-refractivity contribution in [3.63, 3.8) is 0 Å². The van der Waals surface area contributed by atoms with Gasteiger partial charge in [0, 0.05) is 18.2 Å². The van der Waals surface area contributed by atoms with Gasteiger partial charge in [-0.15, -0.1) is 0 Å². The van der Waals surface area contributed by atoms with Crippen molar-refractivity contribution >= 4 is 27.3 Å². The zero-order chi connectivity index (χ0) is 21.0. The van der Waals surface area contributed by atoms with Crippen molar-refractivity contribution < 1.29 is 17.9 Å². The van der Waals surface area contributed by atoms with Crippen LogP contribution < -0.4 is 14.4 Å². The number of carbonyl (C=O) groups is 1. The second-order valence-corrected chi connectivity index (χ2v) is 10.3. The van der Waals surface area contributed by atoms with E-state index in [-0.39, 0.29) is 12.0 Å². The van der Waals surface area contributed by atoms with Gasteiger partial charge in [0.1, 0.15) is 5.75 Å². The van der Waals surface area contributed by atoms with E-state index in [0.717, 1.165) is 11.1 Å². The van der Waals surface area contributed by atoms with E-state index in [1.807, 2.05) is 45.9 Å². The van der Waals surface area contributed by atoms with Crippen LogP contribution in [-0.2, 0) is 14.8 Å². The number of carbonyl (C=O) groups excluding carboxylic acids is 1. The number of fused-ring (bicyclic) bond motifs is 1. The van der Waals surface area contributed by atoms with Crippen LogP contribution in [0, 0.1) is 19.8 Å². The van der Waals surface area contributed by atoms with Gasteiger partial charge in [0.15, 0.2) is 4.75 Å². The van der Waals surface area contributed by atoms with Crippen molar-refractivity contribution in [1.29, 1.82) is 0 Å². The van der Waals surface area contributed by atoms with Crippen LogP contribution in [0.4, 0.5) is 11.4 Å². The van der Waals surface area contributed by atoms with Gasteiger partial charge in [0.2, 0.25) is 15.9 Å². The van der Waals surface area contributed by atoms with Crippen molar-refractivity contribution in [2.75, 3.05) is 16.2 Å². The molecule has 2 fully saturated rings. The fourth-order valence-corrected chi connectivity index (χ4v) is 6.75.